The molecule has 0 radical (unpaired) electrons. The Bertz CT molecular complexity index is 602. The Morgan fingerprint density at radius 3 is 3.00 bits per heavy atom. The summed E-state index contributed by atoms with van der Waals surface area (Å²) in [5.41, 5.74) is 0.490. The predicted octanol–water partition coefficient (Wildman–Crippen LogP) is -2.22. The Morgan fingerprint density at radius 1 is 1.48 bits per heavy atom. The second kappa shape index (κ2) is 4.12. The largest absolute Gasteiger partial charge is 0.394 e. The molecule has 9 heteroatoms. The van der Waals surface area contributed by atoms with Crippen LogP contribution in [-0.4, -0.2) is 74.7 Å². The minimum Gasteiger partial charge on any atom is -0.394 e. The molecule has 0 aliphatic carbocycles. The molecule has 21 heavy (non-hydrogen) atoms. The molecule has 5 aliphatic rings. The van der Waals surface area contributed by atoms with Crippen molar-refractivity contribution in [1.82, 2.24) is 10.2 Å². The molecule has 5 N–H and O–H groups in total. The van der Waals surface area contributed by atoms with E-state index >= 15 is 0 Å². The van der Waals surface area contributed by atoms with Gasteiger partial charge in [-0.25, -0.2) is 0 Å². The zero-order valence-corrected chi connectivity index (χ0v) is 11.0. The molecule has 1 fully saturated rings. The van der Waals surface area contributed by atoms with Crippen molar-refractivity contribution in [2.24, 2.45) is 4.99 Å². The molecule has 4 bridgehead atoms. The zero-order valence-electron chi connectivity index (χ0n) is 11.0. The highest BCUT2D eigenvalue weighted by molar-refractivity contribution is 5.99. The third-order valence-corrected chi connectivity index (χ3v) is 4.35. The normalized spacial score (nSPS) is 43.8. The lowest BCUT2D eigenvalue weighted by atomic mass is 10.1. The van der Waals surface area contributed by atoms with Crippen LogP contribution >= 0.6 is 0 Å². The van der Waals surface area contributed by atoms with E-state index in [0.29, 0.717) is 18.2 Å². The number of aliphatic imine (C=N–C) groups is 1. The van der Waals surface area contributed by atoms with Crippen LogP contribution < -0.4 is 5.32 Å². The van der Waals surface area contributed by atoms with Crippen LogP contribution in [0.25, 0.3) is 0 Å². The third kappa shape index (κ3) is 1.46. The highest BCUT2D eigenvalue weighted by Gasteiger charge is 2.59. The van der Waals surface area contributed by atoms with E-state index in [2.05, 4.69) is 10.3 Å². The molecule has 0 aromatic heterocycles. The molecule has 0 saturated carbocycles. The number of nitrogens with one attached hydrogen (secondary N) is 2. The summed E-state index contributed by atoms with van der Waals surface area (Å²) < 4.78 is 5.60. The van der Waals surface area contributed by atoms with Gasteiger partial charge in [-0.3, -0.25) is 5.41 Å². The summed E-state index contributed by atoms with van der Waals surface area (Å²) in [5, 5.41) is 40.8. The third-order valence-electron chi connectivity index (χ3n) is 4.35. The van der Waals surface area contributed by atoms with Crippen LogP contribution in [-0.2, 0) is 4.74 Å². The van der Waals surface area contributed by atoms with E-state index in [1.807, 2.05) is 0 Å². The predicted molar refractivity (Wildman–Crippen MR) is 70.2 cm³/mol. The van der Waals surface area contributed by atoms with Crippen LogP contribution in [0, 0.1) is 5.41 Å². The first kappa shape index (κ1) is 12.9. The molecule has 112 valence electrons. The van der Waals surface area contributed by atoms with Gasteiger partial charge in [0.1, 0.15) is 18.4 Å². The van der Waals surface area contributed by atoms with Gasteiger partial charge < -0.3 is 30.3 Å². The lowest BCUT2D eigenvalue weighted by Crippen LogP contribution is -2.56. The standard InChI is InChI=1S/C12H16N5O4/c13-10-7-11-14-4-16(10)1-2-17(11,5-15-7)12-9(20)8(19)6(3-18)21-12/h1-2,5-6,8-9,12-14,18-20H,3-4H2/q+1/t6-,8-,9-,12-,17?/m1/s1. The monoisotopic (exact) mass is 294 g/mol. The van der Waals surface area contributed by atoms with E-state index in [4.69, 9.17) is 10.1 Å². The van der Waals surface area contributed by atoms with Crippen molar-refractivity contribution in [3.8, 4) is 0 Å². The summed E-state index contributed by atoms with van der Waals surface area (Å²) in [7, 11) is 0. The van der Waals surface area contributed by atoms with Crippen molar-refractivity contribution in [2.45, 2.75) is 24.5 Å². The van der Waals surface area contributed by atoms with Crippen molar-refractivity contribution in [1.29, 1.82) is 5.41 Å². The molecule has 9 nitrogen and oxygen atoms in total. The zero-order chi connectivity index (χ0) is 14.8. The van der Waals surface area contributed by atoms with Crippen LogP contribution in [0.3, 0.4) is 0 Å². The Kier molecular flexibility index (Phi) is 2.53. The summed E-state index contributed by atoms with van der Waals surface area (Å²) in [5.74, 6) is 0.917. The average Bonchev–Trinajstić information content (AvgIpc) is 2.89. The Morgan fingerprint density at radius 2 is 2.29 bits per heavy atom. The first-order valence-corrected chi connectivity index (χ1v) is 6.68. The topological polar surface area (TPSA) is 121 Å². The van der Waals surface area contributed by atoms with Crippen molar-refractivity contribution >= 4 is 12.2 Å². The number of hydrogen-bond acceptors (Lipinski definition) is 7. The first-order valence-electron chi connectivity index (χ1n) is 6.68. The number of aliphatic hydroxyl groups is 3. The number of ether oxygens (including phenoxy) is 1. The lowest BCUT2D eigenvalue weighted by Gasteiger charge is -2.34. The molecule has 0 aromatic rings. The van der Waals surface area contributed by atoms with E-state index in [0.717, 1.165) is 0 Å². The van der Waals surface area contributed by atoms with E-state index in [-0.39, 0.29) is 16.9 Å². The van der Waals surface area contributed by atoms with Gasteiger partial charge in [-0.1, -0.05) is 0 Å². The van der Waals surface area contributed by atoms with E-state index in [1.54, 1.807) is 23.6 Å². The maximum Gasteiger partial charge on any atom is 0.246 e. The maximum atomic E-state index is 10.3. The van der Waals surface area contributed by atoms with Gasteiger partial charge in [0.2, 0.25) is 18.4 Å². The second-order valence-electron chi connectivity index (χ2n) is 5.46. The number of fused-ring (bicyclic) bond motifs is 1. The average molecular weight is 294 g/mol. The van der Waals surface area contributed by atoms with E-state index in [9.17, 15) is 15.3 Å². The number of nitrogens with zero attached hydrogens (tertiary/aromatic N) is 3. The van der Waals surface area contributed by atoms with Gasteiger partial charge in [-0.15, -0.1) is 0 Å². The molecule has 1 saturated heterocycles. The molecule has 0 amide bonds. The maximum absolute atomic E-state index is 10.3. The minimum atomic E-state index is -1.17. The highest BCUT2D eigenvalue weighted by atomic mass is 16.6. The van der Waals surface area contributed by atoms with Crippen LogP contribution in [0.1, 0.15) is 0 Å². The fraction of sp³-hybridized carbons (Fsp3) is 0.500. The van der Waals surface area contributed by atoms with E-state index in [1.165, 1.54) is 0 Å². The molecule has 5 rings (SSSR count). The Balaban J connectivity index is 1.80. The van der Waals surface area contributed by atoms with Crippen molar-refractivity contribution in [3.05, 3.63) is 23.9 Å². The summed E-state index contributed by atoms with van der Waals surface area (Å²) in [6.45, 7) is 0.0587. The number of aliphatic hydroxyl groups excluding tert-OH is 3. The number of amidine groups is 1. The van der Waals surface area contributed by atoms with Gasteiger partial charge in [-0.05, 0) is 0 Å². The summed E-state index contributed by atoms with van der Waals surface area (Å²) in [6, 6.07) is 0. The van der Waals surface area contributed by atoms with Gasteiger partial charge in [0.25, 0.3) is 0 Å². The van der Waals surface area contributed by atoms with Crippen LogP contribution in [0.5, 0.6) is 0 Å². The van der Waals surface area contributed by atoms with Crippen molar-refractivity contribution < 1.29 is 24.5 Å². The number of rotatable bonds is 2. The molecule has 0 spiro atoms. The molecule has 5 aliphatic heterocycles. The Labute approximate surface area is 120 Å². The first-order chi connectivity index (χ1) is 10.1. The number of hydrogen-bond donors (Lipinski definition) is 5. The van der Waals surface area contributed by atoms with E-state index < -0.39 is 24.5 Å². The van der Waals surface area contributed by atoms with Gasteiger partial charge in [0.15, 0.2) is 17.6 Å². The van der Waals surface area contributed by atoms with Crippen LogP contribution in [0.2, 0.25) is 0 Å². The fourth-order valence-electron chi connectivity index (χ4n) is 3.17. The SMILES string of the molecule is N=C1C2=C3NCN1C=C[N+]3([C@@H]1O[C@H](CO)[C@@H](O)[C@H]1O)C=N2. The smallest absolute Gasteiger partial charge is 0.246 e. The van der Waals surface area contributed by atoms with Crippen LogP contribution in [0.4, 0.5) is 0 Å². The Hall–Kier alpha value is -1.78. The van der Waals surface area contributed by atoms with Crippen LogP contribution in [0.15, 0.2) is 28.9 Å². The second-order valence-corrected chi connectivity index (χ2v) is 5.46. The summed E-state index contributed by atoms with van der Waals surface area (Å²) in [4.78, 5) is 5.95. The molecule has 5 atom stereocenters. The summed E-state index contributed by atoms with van der Waals surface area (Å²) in [6.07, 6.45) is 1.05. The molecule has 1 unspecified atom stereocenters. The number of quaternary nitrogens is 1. The lowest BCUT2D eigenvalue weighted by molar-refractivity contribution is -0.804. The fourth-order valence-corrected chi connectivity index (χ4v) is 3.17. The highest BCUT2D eigenvalue weighted by Crippen LogP contribution is 2.39. The minimum absolute atomic E-state index is 0.0526. The molecular weight excluding hydrogens is 278 g/mol. The molecule has 5 heterocycles. The van der Waals surface area contributed by atoms with Gasteiger partial charge in [-0.2, -0.15) is 9.48 Å². The quantitative estimate of drug-likeness (QED) is 0.368. The van der Waals surface area contributed by atoms with Crippen molar-refractivity contribution in [2.75, 3.05) is 13.3 Å². The molecular formula is C12H16N5O4+. The molecule has 0 aromatic carbocycles. The van der Waals surface area contributed by atoms with Gasteiger partial charge >= 0.3 is 0 Å². The summed E-state index contributed by atoms with van der Waals surface area (Å²) >= 11 is 0. The van der Waals surface area contributed by atoms with Crippen molar-refractivity contribution in [3.63, 3.8) is 0 Å². The van der Waals surface area contributed by atoms with Gasteiger partial charge in [0.05, 0.1) is 19.5 Å². The van der Waals surface area contributed by atoms with Gasteiger partial charge in [0, 0.05) is 0 Å².